The van der Waals surface area contributed by atoms with Crippen LogP contribution in [0.4, 0.5) is 5.69 Å². The predicted molar refractivity (Wildman–Crippen MR) is 84.8 cm³/mol. The number of para-hydroxylation sites is 1. The van der Waals surface area contributed by atoms with Crippen molar-refractivity contribution in [1.82, 2.24) is 9.80 Å². The van der Waals surface area contributed by atoms with Crippen molar-refractivity contribution in [3.05, 3.63) is 29.8 Å². The lowest BCUT2D eigenvalue weighted by atomic mass is 10.1. The summed E-state index contributed by atoms with van der Waals surface area (Å²) in [5.74, 6) is -0.171. The number of aliphatic hydroxyl groups excluding tert-OH is 1. The summed E-state index contributed by atoms with van der Waals surface area (Å²) in [5, 5.41) is 12.7. The first-order chi connectivity index (χ1) is 10.5. The van der Waals surface area contributed by atoms with E-state index in [0.717, 1.165) is 12.8 Å². The fraction of sp³-hybridized carbons (Fsp3) is 0.500. The molecule has 0 radical (unpaired) electrons. The molecular weight excluding hydrogens is 282 g/mol. The van der Waals surface area contributed by atoms with Gasteiger partial charge in [-0.15, -0.1) is 0 Å². The Morgan fingerprint density at radius 3 is 2.77 bits per heavy atom. The molecule has 1 fully saturated rings. The van der Waals surface area contributed by atoms with Gasteiger partial charge in [0.1, 0.15) is 0 Å². The number of piperidine rings is 1. The molecule has 1 aliphatic rings. The molecule has 2 N–H and O–H groups in total. The maximum absolute atomic E-state index is 12.6. The SMILES string of the molecule is CN(C)C(=O)CNc1ccccc1C(=O)N1CCCC(O)C1. The molecule has 0 aromatic heterocycles. The van der Waals surface area contributed by atoms with Crippen molar-refractivity contribution in [3.63, 3.8) is 0 Å². The molecule has 0 spiro atoms. The monoisotopic (exact) mass is 305 g/mol. The summed E-state index contributed by atoms with van der Waals surface area (Å²) < 4.78 is 0. The molecule has 2 rings (SSSR count). The zero-order valence-electron chi connectivity index (χ0n) is 13.1. The van der Waals surface area contributed by atoms with Crippen molar-refractivity contribution in [2.45, 2.75) is 18.9 Å². The number of rotatable bonds is 4. The van der Waals surface area contributed by atoms with Gasteiger partial charge in [-0.25, -0.2) is 0 Å². The molecule has 6 nitrogen and oxygen atoms in total. The Kier molecular flexibility index (Phi) is 5.38. The molecule has 1 saturated heterocycles. The van der Waals surface area contributed by atoms with Crippen LogP contribution in [0.1, 0.15) is 23.2 Å². The van der Waals surface area contributed by atoms with Gasteiger partial charge >= 0.3 is 0 Å². The van der Waals surface area contributed by atoms with E-state index in [2.05, 4.69) is 5.32 Å². The molecule has 1 aliphatic heterocycles. The Bertz CT molecular complexity index is 545. The third kappa shape index (κ3) is 3.98. The zero-order valence-corrected chi connectivity index (χ0v) is 13.1. The highest BCUT2D eigenvalue weighted by Gasteiger charge is 2.24. The number of hydrogen-bond donors (Lipinski definition) is 2. The van der Waals surface area contributed by atoms with Crippen LogP contribution >= 0.6 is 0 Å². The van der Waals surface area contributed by atoms with Gasteiger partial charge in [0.25, 0.3) is 5.91 Å². The summed E-state index contributed by atoms with van der Waals surface area (Å²) in [4.78, 5) is 27.5. The molecule has 120 valence electrons. The Labute approximate surface area is 130 Å². The molecule has 1 unspecified atom stereocenters. The number of likely N-dealkylation sites (N-methyl/N-ethyl adjacent to an activating group) is 1. The quantitative estimate of drug-likeness (QED) is 0.862. The number of anilines is 1. The topological polar surface area (TPSA) is 72.9 Å². The number of benzene rings is 1. The fourth-order valence-corrected chi connectivity index (χ4v) is 2.46. The standard InChI is InChI=1S/C16H23N3O3/c1-18(2)15(21)10-17-14-8-4-3-7-13(14)16(22)19-9-5-6-12(20)11-19/h3-4,7-8,12,17,20H,5-6,9-11H2,1-2H3. The molecule has 0 aliphatic carbocycles. The van der Waals surface area contributed by atoms with Gasteiger partial charge in [0.15, 0.2) is 0 Å². The second-order valence-electron chi connectivity index (χ2n) is 5.73. The first-order valence-corrected chi connectivity index (χ1v) is 7.49. The summed E-state index contributed by atoms with van der Waals surface area (Å²) in [5.41, 5.74) is 1.17. The van der Waals surface area contributed by atoms with E-state index in [0.29, 0.717) is 24.3 Å². The Morgan fingerprint density at radius 1 is 1.36 bits per heavy atom. The van der Waals surface area contributed by atoms with Crippen molar-refractivity contribution in [2.24, 2.45) is 0 Å². The van der Waals surface area contributed by atoms with Gasteiger partial charge in [-0.3, -0.25) is 9.59 Å². The predicted octanol–water partition coefficient (Wildman–Crippen LogP) is 0.784. The molecule has 0 bridgehead atoms. The largest absolute Gasteiger partial charge is 0.391 e. The average molecular weight is 305 g/mol. The Balaban J connectivity index is 2.10. The number of likely N-dealkylation sites (tertiary alicyclic amines) is 1. The summed E-state index contributed by atoms with van der Waals surface area (Å²) in [6.45, 7) is 1.16. The van der Waals surface area contributed by atoms with E-state index in [1.807, 2.05) is 6.07 Å². The van der Waals surface area contributed by atoms with Crippen LogP contribution in [0.5, 0.6) is 0 Å². The van der Waals surface area contributed by atoms with Gasteiger partial charge in [-0.2, -0.15) is 0 Å². The van der Waals surface area contributed by atoms with Crippen molar-refractivity contribution in [1.29, 1.82) is 0 Å². The number of carbonyl (C=O) groups excluding carboxylic acids is 2. The maximum Gasteiger partial charge on any atom is 0.256 e. The number of β-amino-alcohol motifs (C(OH)–C–C–N with tert-alkyl or cyclic N) is 1. The molecular formula is C16H23N3O3. The highest BCUT2D eigenvalue weighted by molar-refractivity contribution is 6.00. The highest BCUT2D eigenvalue weighted by atomic mass is 16.3. The minimum absolute atomic E-state index is 0.0596. The maximum atomic E-state index is 12.6. The van der Waals surface area contributed by atoms with Crippen LogP contribution in [0.2, 0.25) is 0 Å². The second kappa shape index (κ2) is 7.26. The summed E-state index contributed by atoms with van der Waals surface area (Å²) in [6, 6.07) is 7.15. The fourth-order valence-electron chi connectivity index (χ4n) is 2.46. The van der Waals surface area contributed by atoms with E-state index >= 15 is 0 Å². The molecule has 0 saturated carbocycles. The van der Waals surface area contributed by atoms with Crippen LogP contribution in [0.3, 0.4) is 0 Å². The van der Waals surface area contributed by atoms with Crippen molar-refractivity contribution < 1.29 is 14.7 Å². The van der Waals surface area contributed by atoms with Gasteiger partial charge in [0, 0.05) is 32.9 Å². The van der Waals surface area contributed by atoms with Crippen molar-refractivity contribution in [3.8, 4) is 0 Å². The summed E-state index contributed by atoms with van der Waals surface area (Å²) in [7, 11) is 3.38. The number of hydrogen-bond acceptors (Lipinski definition) is 4. The van der Waals surface area contributed by atoms with Crippen LogP contribution < -0.4 is 5.32 Å². The van der Waals surface area contributed by atoms with Gasteiger partial charge in [-0.05, 0) is 25.0 Å². The van der Waals surface area contributed by atoms with Gasteiger partial charge < -0.3 is 20.2 Å². The summed E-state index contributed by atoms with van der Waals surface area (Å²) >= 11 is 0. The number of aliphatic hydroxyl groups is 1. The van der Waals surface area contributed by atoms with E-state index in [-0.39, 0.29) is 18.4 Å². The first kappa shape index (κ1) is 16.3. The lowest BCUT2D eigenvalue weighted by Crippen LogP contribution is -2.42. The Morgan fingerprint density at radius 2 is 2.09 bits per heavy atom. The first-order valence-electron chi connectivity index (χ1n) is 7.49. The Hall–Kier alpha value is -2.08. The zero-order chi connectivity index (χ0) is 16.1. The number of nitrogens with one attached hydrogen (secondary N) is 1. The number of carbonyl (C=O) groups is 2. The van der Waals surface area contributed by atoms with Crippen LogP contribution in [0.25, 0.3) is 0 Å². The van der Waals surface area contributed by atoms with Crippen LogP contribution in [-0.2, 0) is 4.79 Å². The minimum atomic E-state index is -0.451. The molecule has 1 aromatic rings. The van der Waals surface area contributed by atoms with E-state index in [1.54, 1.807) is 37.2 Å². The third-order valence-corrected chi connectivity index (χ3v) is 3.77. The van der Waals surface area contributed by atoms with E-state index in [4.69, 9.17) is 0 Å². The number of nitrogens with zero attached hydrogens (tertiary/aromatic N) is 2. The molecule has 6 heteroatoms. The normalized spacial score (nSPS) is 18.0. The summed E-state index contributed by atoms with van der Waals surface area (Å²) in [6.07, 6.45) is 1.09. The highest BCUT2D eigenvalue weighted by Crippen LogP contribution is 2.20. The van der Waals surface area contributed by atoms with Crippen LogP contribution in [-0.4, -0.2) is 66.6 Å². The molecule has 1 atom stereocenters. The van der Waals surface area contributed by atoms with Crippen LogP contribution in [0.15, 0.2) is 24.3 Å². The molecule has 2 amide bonds. The smallest absolute Gasteiger partial charge is 0.256 e. The van der Waals surface area contributed by atoms with Gasteiger partial charge in [0.2, 0.25) is 5.91 Å². The van der Waals surface area contributed by atoms with Crippen molar-refractivity contribution in [2.75, 3.05) is 39.0 Å². The second-order valence-corrected chi connectivity index (χ2v) is 5.73. The van der Waals surface area contributed by atoms with Crippen molar-refractivity contribution >= 4 is 17.5 Å². The van der Waals surface area contributed by atoms with E-state index < -0.39 is 6.10 Å². The van der Waals surface area contributed by atoms with Gasteiger partial charge in [0.05, 0.1) is 18.2 Å². The molecule has 22 heavy (non-hydrogen) atoms. The van der Waals surface area contributed by atoms with E-state index in [9.17, 15) is 14.7 Å². The third-order valence-electron chi connectivity index (χ3n) is 3.77. The lowest BCUT2D eigenvalue weighted by Gasteiger charge is -2.30. The average Bonchev–Trinajstić information content (AvgIpc) is 2.52. The van der Waals surface area contributed by atoms with Gasteiger partial charge in [-0.1, -0.05) is 12.1 Å². The van der Waals surface area contributed by atoms with Crippen LogP contribution in [0, 0.1) is 0 Å². The molecule has 1 heterocycles. The van der Waals surface area contributed by atoms with E-state index in [1.165, 1.54) is 4.90 Å². The molecule has 1 aromatic carbocycles. The lowest BCUT2D eigenvalue weighted by molar-refractivity contribution is -0.126. The number of amides is 2. The minimum Gasteiger partial charge on any atom is -0.391 e.